The topological polar surface area (TPSA) is 134 Å². The van der Waals surface area contributed by atoms with Gasteiger partial charge in [0.15, 0.2) is 0 Å². The lowest BCUT2D eigenvalue weighted by Crippen LogP contribution is -2.33. The first-order valence-corrected chi connectivity index (χ1v) is 6.91. The van der Waals surface area contributed by atoms with Crippen molar-refractivity contribution in [3.8, 4) is 0 Å². The first-order chi connectivity index (χ1) is 9.42. The molecule has 4 atom stereocenters. The largest absolute Gasteiger partial charge is 0.566 e. The second-order valence-corrected chi connectivity index (χ2v) is 5.05. The molecule has 0 radical (unpaired) electrons. The van der Waals surface area contributed by atoms with E-state index in [4.69, 9.17) is 9.84 Å². The van der Waals surface area contributed by atoms with Crippen LogP contribution in [0.4, 0.5) is 0 Å². The van der Waals surface area contributed by atoms with Crippen LogP contribution in [0, 0.1) is 6.92 Å². The molecule has 2 N–H and O–H groups in total. The molecule has 1 fully saturated rings. The van der Waals surface area contributed by atoms with Crippen LogP contribution in [-0.4, -0.2) is 33.5 Å². The van der Waals surface area contributed by atoms with Crippen LogP contribution in [0.2, 0.25) is 0 Å². The monoisotopic (exact) mass is 304 g/mol. The molecule has 0 bridgehead atoms. The number of aliphatic hydroxyl groups is 1. The molecule has 20 heavy (non-hydrogen) atoms. The number of hydrogen-bond donors (Lipinski definition) is 2. The van der Waals surface area contributed by atoms with E-state index in [0.29, 0.717) is 5.56 Å². The number of nitrogens with one attached hydrogen (secondary N) is 1. The normalized spacial score (nSPS) is 26.8. The fraction of sp³-hybridized carbons (Fsp3) is 0.600. The summed E-state index contributed by atoms with van der Waals surface area (Å²) in [5.41, 5.74) is -0.860. The Hall–Kier alpha value is -1.38. The van der Waals surface area contributed by atoms with Gasteiger partial charge in [0.25, 0.3) is 5.56 Å². The molecular formula is C10H13N2O7P. The van der Waals surface area contributed by atoms with Crippen LogP contribution in [0.1, 0.15) is 18.2 Å². The molecule has 0 spiro atoms. The zero-order valence-electron chi connectivity index (χ0n) is 10.5. The van der Waals surface area contributed by atoms with Crippen molar-refractivity contribution in [2.24, 2.45) is 0 Å². The second kappa shape index (κ2) is 5.94. The number of nitrogens with zero attached hydrogens (tertiary/aromatic N) is 1. The number of ether oxygens (including phenoxy) is 1. The van der Waals surface area contributed by atoms with Gasteiger partial charge in [-0.1, -0.05) is 0 Å². The molecule has 0 aliphatic carbocycles. The third-order valence-electron chi connectivity index (χ3n) is 3.04. The standard InChI is InChI=1S/C10H13N2O7P/c1-5-3-12(10(15)11-9(5)14)8-2-6(19-20(16)17)7(4-13)18-8/h3,6-8,13H,2,4H2,1H3,(H,11,14,15)/t6-,7-,8-/m1/s1. The van der Waals surface area contributed by atoms with E-state index in [2.05, 4.69) is 9.51 Å². The Kier molecular flexibility index (Phi) is 4.46. The molecule has 0 saturated carbocycles. The van der Waals surface area contributed by atoms with Gasteiger partial charge in [-0.3, -0.25) is 14.3 Å². The SMILES string of the molecule is Cc1cn([C@H]2C[C@@H](O[P+](=O)[O-])[C@@H](CO)O2)c(=O)[nH]c1=O. The molecule has 1 aromatic rings. The molecule has 2 rings (SSSR count). The number of H-pyrrole nitrogens is 1. The maximum atomic E-state index is 11.7. The Balaban J connectivity index is 2.27. The number of aromatic amines is 1. The first-order valence-electron chi connectivity index (χ1n) is 5.82. The summed E-state index contributed by atoms with van der Waals surface area (Å²) in [6.07, 6.45) is -1.15. The quantitative estimate of drug-likeness (QED) is 0.648. The molecule has 1 aliphatic heterocycles. The lowest BCUT2D eigenvalue weighted by Gasteiger charge is -2.14. The molecule has 10 heteroatoms. The van der Waals surface area contributed by atoms with Crippen molar-refractivity contribution < 1.29 is 23.8 Å². The van der Waals surface area contributed by atoms with Crippen molar-refractivity contribution in [1.29, 1.82) is 0 Å². The third-order valence-corrected chi connectivity index (χ3v) is 3.48. The third kappa shape index (κ3) is 3.02. The molecular weight excluding hydrogens is 291 g/mol. The molecule has 1 saturated heterocycles. The Morgan fingerprint density at radius 2 is 2.35 bits per heavy atom. The maximum Gasteiger partial charge on any atom is 0.488 e. The first kappa shape index (κ1) is 15.0. The predicted molar refractivity (Wildman–Crippen MR) is 64.2 cm³/mol. The molecule has 0 amide bonds. The highest BCUT2D eigenvalue weighted by molar-refractivity contribution is 7.30. The lowest BCUT2D eigenvalue weighted by molar-refractivity contribution is -0.191. The number of rotatable bonds is 4. The van der Waals surface area contributed by atoms with Gasteiger partial charge in [0, 0.05) is 18.2 Å². The highest BCUT2D eigenvalue weighted by atomic mass is 31.1. The van der Waals surface area contributed by atoms with Crippen LogP contribution in [0.5, 0.6) is 0 Å². The number of aromatic nitrogens is 2. The van der Waals surface area contributed by atoms with Gasteiger partial charge in [0.2, 0.25) is 0 Å². The van der Waals surface area contributed by atoms with Crippen LogP contribution in [-0.2, 0) is 13.8 Å². The van der Waals surface area contributed by atoms with Crippen molar-refractivity contribution in [1.82, 2.24) is 9.55 Å². The van der Waals surface area contributed by atoms with E-state index in [1.54, 1.807) is 0 Å². The Morgan fingerprint density at radius 3 is 2.95 bits per heavy atom. The van der Waals surface area contributed by atoms with E-state index in [-0.39, 0.29) is 6.42 Å². The number of hydrogen-bond acceptors (Lipinski definition) is 7. The molecule has 1 aliphatic rings. The number of aryl methyl sites for hydroxylation is 1. The van der Waals surface area contributed by atoms with E-state index in [9.17, 15) is 19.0 Å². The summed E-state index contributed by atoms with van der Waals surface area (Å²) in [5, 5.41) is 9.13. The minimum Gasteiger partial charge on any atom is -0.566 e. The highest BCUT2D eigenvalue weighted by Gasteiger charge is 2.40. The molecule has 110 valence electrons. The van der Waals surface area contributed by atoms with E-state index < -0.39 is 44.5 Å². The lowest BCUT2D eigenvalue weighted by atomic mass is 10.2. The van der Waals surface area contributed by atoms with Crippen molar-refractivity contribution in [3.05, 3.63) is 32.6 Å². The Morgan fingerprint density at radius 1 is 1.65 bits per heavy atom. The fourth-order valence-corrected chi connectivity index (χ4v) is 2.50. The molecule has 0 aromatic carbocycles. The molecule has 1 unspecified atom stereocenters. The summed E-state index contributed by atoms with van der Waals surface area (Å²) in [6, 6.07) is 0. The zero-order valence-corrected chi connectivity index (χ0v) is 11.4. The van der Waals surface area contributed by atoms with Crippen LogP contribution in [0.25, 0.3) is 0 Å². The van der Waals surface area contributed by atoms with Crippen LogP contribution in [0.15, 0.2) is 15.8 Å². The molecule has 1 aromatic heterocycles. The molecule has 9 nitrogen and oxygen atoms in total. The summed E-state index contributed by atoms with van der Waals surface area (Å²) in [4.78, 5) is 35.7. The summed E-state index contributed by atoms with van der Waals surface area (Å²) < 4.78 is 21.8. The van der Waals surface area contributed by atoms with Crippen LogP contribution >= 0.6 is 8.25 Å². The predicted octanol–water partition coefficient (Wildman–Crippen LogP) is -1.47. The van der Waals surface area contributed by atoms with Crippen molar-refractivity contribution >= 4 is 8.25 Å². The van der Waals surface area contributed by atoms with Gasteiger partial charge < -0.3 is 14.7 Å². The van der Waals surface area contributed by atoms with Crippen LogP contribution in [0.3, 0.4) is 0 Å². The average molecular weight is 304 g/mol. The van der Waals surface area contributed by atoms with Gasteiger partial charge in [0.1, 0.15) is 18.4 Å². The Labute approximate surface area is 113 Å². The van der Waals surface area contributed by atoms with Crippen molar-refractivity contribution in [2.75, 3.05) is 6.61 Å². The maximum absolute atomic E-state index is 11.7. The van der Waals surface area contributed by atoms with Gasteiger partial charge in [-0.25, -0.2) is 4.79 Å². The Bertz CT molecular complexity index is 625. The van der Waals surface area contributed by atoms with Gasteiger partial charge in [-0.2, -0.15) is 0 Å². The van der Waals surface area contributed by atoms with E-state index >= 15 is 0 Å². The van der Waals surface area contributed by atoms with Gasteiger partial charge >= 0.3 is 13.9 Å². The summed E-state index contributed by atoms with van der Waals surface area (Å²) in [7, 11) is -3.09. The zero-order chi connectivity index (χ0) is 14.9. The van der Waals surface area contributed by atoms with Gasteiger partial charge in [0.05, 0.1) is 6.61 Å². The van der Waals surface area contributed by atoms with E-state index in [0.717, 1.165) is 4.57 Å². The summed E-state index contributed by atoms with van der Waals surface area (Å²) in [5.74, 6) is 0. The average Bonchev–Trinajstić information content (AvgIpc) is 2.75. The summed E-state index contributed by atoms with van der Waals surface area (Å²) in [6.45, 7) is 1.08. The fourth-order valence-electron chi connectivity index (χ4n) is 2.06. The highest BCUT2D eigenvalue weighted by Crippen LogP contribution is 2.33. The van der Waals surface area contributed by atoms with E-state index in [1.807, 2.05) is 0 Å². The van der Waals surface area contributed by atoms with Crippen molar-refractivity contribution in [2.45, 2.75) is 31.8 Å². The molecule has 2 heterocycles. The van der Waals surface area contributed by atoms with Crippen molar-refractivity contribution in [3.63, 3.8) is 0 Å². The minimum absolute atomic E-state index is 0.0694. The minimum atomic E-state index is -3.09. The summed E-state index contributed by atoms with van der Waals surface area (Å²) >= 11 is 0. The van der Waals surface area contributed by atoms with E-state index in [1.165, 1.54) is 13.1 Å². The smallest absolute Gasteiger partial charge is 0.488 e. The van der Waals surface area contributed by atoms with Gasteiger partial charge in [-0.05, 0) is 11.5 Å². The van der Waals surface area contributed by atoms with Crippen LogP contribution < -0.4 is 16.1 Å². The van der Waals surface area contributed by atoms with Gasteiger partial charge in [-0.15, -0.1) is 4.52 Å². The second-order valence-electron chi connectivity index (χ2n) is 4.39. The number of aliphatic hydroxyl groups excluding tert-OH is 1.